The normalized spacial score (nSPS) is 11.9. The molecule has 0 amide bonds. The Morgan fingerprint density at radius 2 is 2.16 bits per heavy atom. The maximum atomic E-state index is 11.5. The van der Waals surface area contributed by atoms with Gasteiger partial charge in [0, 0.05) is 28.9 Å². The summed E-state index contributed by atoms with van der Waals surface area (Å²) in [6.07, 6.45) is 0. The van der Waals surface area contributed by atoms with Crippen molar-refractivity contribution >= 4 is 28.1 Å². The van der Waals surface area contributed by atoms with Crippen LogP contribution in [0.3, 0.4) is 0 Å². The molecule has 0 bridgehead atoms. The number of esters is 1. The van der Waals surface area contributed by atoms with Crippen LogP contribution in [0, 0.1) is 0 Å². The van der Waals surface area contributed by atoms with Crippen LogP contribution >= 0.6 is 0 Å². The number of anilines is 2. The average molecular weight is 284 g/mol. The number of rotatable bonds is 7. The minimum atomic E-state index is -0.799. The number of nitrogens with two attached hydrogens (primary N) is 1. The van der Waals surface area contributed by atoms with E-state index in [0.717, 1.165) is 5.69 Å². The Balaban J connectivity index is 2.62. The van der Waals surface area contributed by atoms with Gasteiger partial charge in [-0.25, -0.2) is 4.79 Å². The molecule has 0 saturated heterocycles. The molecule has 19 heavy (non-hydrogen) atoms. The summed E-state index contributed by atoms with van der Waals surface area (Å²) in [5, 5.41) is 3.11. The molecule has 0 saturated carbocycles. The molecule has 1 rings (SSSR count). The van der Waals surface area contributed by atoms with Crippen LogP contribution in [0.1, 0.15) is 24.2 Å². The number of nitrogens with one attached hydrogen (secondary N) is 1. The fourth-order valence-corrected chi connectivity index (χ4v) is 2.13. The van der Waals surface area contributed by atoms with Gasteiger partial charge in [-0.3, -0.25) is 4.21 Å². The topological polar surface area (TPSA) is 81.4 Å². The third kappa shape index (κ3) is 4.90. The van der Waals surface area contributed by atoms with E-state index >= 15 is 0 Å². The van der Waals surface area contributed by atoms with Gasteiger partial charge in [-0.1, -0.05) is 6.92 Å². The van der Waals surface area contributed by atoms with Crippen molar-refractivity contribution in [1.82, 2.24) is 0 Å². The smallest absolute Gasteiger partial charge is 0.338 e. The Hall–Kier alpha value is -1.56. The third-order valence-corrected chi connectivity index (χ3v) is 3.83. The first kappa shape index (κ1) is 15.5. The van der Waals surface area contributed by atoms with E-state index in [0.29, 0.717) is 35.9 Å². The maximum absolute atomic E-state index is 11.5. The minimum absolute atomic E-state index is 0.335. The van der Waals surface area contributed by atoms with Gasteiger partial charge in [0.05, 0.1) is 23.5 Å². The van der Waals surface area contributed by atoms with Crippen molar-refractivity contribution in [3.05, 3.63) is 23.8 Å². The summed E-state index contributed by atoms with van der Waals surface area (Å²) in [4.78, 5) is 11.5. The van der Waals surface area contributed by atoms with Gasteiger partial charge in [0.15, 0.2) is 0 Å². The summed E-state index contributed by atoms with van der Waals surface area (Å²) in [7, 11) is -0.799. The second kappa shape index (κ2) is 7.78. The zero-order valence-corrected chi connectivity index (χ0v) is 12.1. The summed E-state index contributed by atoms with van der Waals surface area (Å²) >= 11 is 0. The first-order valence-corrected chi connectivity index (χ1v) is 7.72. The van der Waals surface area contributed by atoms with Gasteiger partial charge >= 0.3 is 5.97 Å². The molecular formula is C13H20N2O3S. The highest BCUT2D eigenvalue weighted by Gasteiger charge is 2.08. The zero-order valence-electron chi connectivity index (χ0n) is 11.3. The summed E-state index contributed by atoms with van der Waals surface area (Å²) in [6.45, 7) is 4.56. The van der Waals surface area contributed by atoms with E-state index in [9.17, 15) is 9.00 Å². The lowest BCUT2D eigenvalue weighted by Gasteiger charge is -2.10. The number of ether oxygens (including phenoxy) is 1. The molecule has 5 nitrogen and oxygen atoms in total. The largest absolute Gasteiger partial charge is 0.462 e. The molecule has 0 heterocycles. The Bertz CT molecular complexity index is 463. The fraction of sp³-hybridized carbons (Fsp3) is 0.462. The van der Waals surface area contributed by atoms with Crippen LogP contribution in [0.15, 0.2) is 18.2 Å². The molecule has 1 aromatic rings. The quantitative estimate of drug-likeness (QED) is 0.587. The third-order valence-electron chi connectivity index (χ3n) is 2.53. The van der Waals surface area contributed by atoms with Crippen molar-refractivity contribution in [3.63, 3.8) is 0 Å². The molecule has 0 aliphatic heterocycles. The predicted molar refractivity (Wildman–Crippen MR) is 78.9 cm³/mol. The molecule has 1 atom stereocenters. The van der Waals surface area contributed by atoms with Crippen molar-refractivity contribution < 1.29 is 13.7 Å². The zero-order chi connectivity index (χ0) is 14.3. The Kier molecular flexibility index (Phi) is 6.35. The van der Waals surface area contributed by atoms with Crippen LogP contribution in [0.4, 0.5) is 11.4 Å². The van der Waals surface area contributed by atoms with Gasteiger partial charge in [0.1, 0.15) is 0 Å². The molecular weight excluding hydrogens is 264 g/mol. The minimum Gasteiger partial charge on any atom is -0.462 e. The van der Waals surface area contributed by atoms with Crippen LogP contribution in [0.25, 0.3) is 0 Å². The summed E-state index contributed by atoms with van der Waals surface area (Å²) in [6, 6.07) is 4.97. The Morgan fingerprint density at radius 1 is 1.42 bits per heavy atom. The Labute approximate surface area is 116 Å². The molecule has 0 aliphatic rings. The van der Waals surface area contributed by atoms with Gasteiger partial charge in [0.25, 0.3) is 0 Å². The highest BCUT2D eigenvalue weighted by atomic mass is 32.2. The van der Waals surface area contributed by atoms with Crippen molar-refractivity contribution in [2.24, 2.45) is 0 Å². The molecule has 3 N–H and O–H groups in total. The van der Waals surface area contributed by atoms with Crippen LogP contribution in [0.5, 0.6) is 0 Å². The summed E-state index contributed by atoms with van der Waals surface area (Å²) in [5.74, 6) is 0.849. The van der Waals surface area contributed by atoms with Crippen LogP contribution in [-0.2, 0) is 15.5 Å². The number of carbonyl (C=O) groups is 1. The van der Waals surface area contributed by atoms with Crippen molar-refractivity contribution in [2.45, 2.75) is 13.8 Å². The standard InChI is InChI=1S/C13H20N2O3S/c1-3-18-13(16)10-5-6-12(11(14)9-10)15-7-8-19(17)4-2/h5-6,9,15H,3-4,7-8,14H2,1-2H3. The fourth-order valence-electron chi connectivity index (χ4n) is 1.51. The molecule has 0 aliphatic carbocycles. The molecule has 0 spiro atoms. The highest BCUT2D eigenvalue weighted by Crippen LogP contribution is 2.20. The van der Waals surface area contributed by atoms with Crippen molar-refractivity contribution in [2.75, 3.05) is 35.7 Å². The van der Waals surface area contributed by atoms with Gasteiger partial charge in [-0.05, 0) is 25.1 Å². The van der Waals surface area contributed by atoms with Gasteiger partial charge in [0.2, 0.25) is 0 Å². The average Bonchev–Trinajstić information content (AvgIpc) is 2.40. The SMILES string of the molecule is CCOC(=O)c1ccc(NCCS(=O)CC)c(N)c1. The van der Waals surface area contributed by atoms with E-state index in [1.165, 1.54) is 0 Å². The number of hydrogen-bond acceptors (Lipinski definition) is 5. The summed E-state index contributed by atoms with van der Waals surface area (Å²) in [5.41, 5.74) is 7.51. The first-order chi connectivity index (χ1) is 9.08. The van der Waals surface area contributed by atoms with E-state index in [2.05, 4.69) is 5.32 Å². The van der Waals surface area contributed by atoms with Gasteiger partial charge in [-0.2, -0.15) is 0 Å². The number of carbonyl (C=O) groups excluding carboxylic acids is 1. The first-order valence-electron chi connectivity index (χ1n) is 6.24. The van der Waals surface area contributed by atoms with E-state index in [1.807, 2.05) is 6.92 Å². The number of benzene rings is 1. The van der Waals surface area contributed by atoms with Crippen molar-refractivity contribution in [1.29, 1.82) is 0 Å². The lowest BCUT2D eigenvalue weighted by atomic mass is 10.1. The Morgan fingerprint density at radius 3 is 2.74 bits per heavy atom. The predicted octanol–water partition coefficient (Wildman–Crippen LogP) is 1.63. The van der Waals surface area contributed by atoms with Gasteiger partial charge < -0.3 is 15.8 Å². The second-order valence-electron chi connectivity index (χ2n) is 3.88. The molecule has 0 fully saturated rings. The second-order valence-corrected chi connectivity index (χ2v) is 5.75. The monoisotopic (exact) mass is 284 g/mol. The van der Waals surface area contributed by atoms with Crippen LogP contribution in [0.2, 0.25) is 0 Å². The maximum Gasteiger partial charge on any atom is 0.338 e. The van der Waals surface area contributed by atoms with E-state index in [-0.39, 0.29) is 5.97 Å². The molecule has 6 heteroatoms. The lowest BCUT2D eigenvalue weighted by molar-refractivity contribution is 0.0526. The number of nitrogen functional groups attached to an aromatic ring is 1. The summed E-state index contributed by atoms with van der Waals surface area (Å²) < 4.78 is 16.2. The van der Waals surface area contributed by atoms with Crippen LogP contribution in [-0.4, -0.2) is 34.8 Å². The molecule has 0 radical (unpaired) electrons. The van der Waals surface area contributed by atoms with Crippen LogP contribution < -0.4 is 11.1 Å². The van der Waals surface area contributed by atoms with E-state index < -0.39 is 10.8 Å². The van der Waals surface area contributed by atoms with E-state index in [1.54, 1.807) is 25.1 Å². The lowest BCUT2D eigenvalue weighted by Crippen LogP contribution is -2.13. The van der Waals surface area contributed by atoms with Gasteiger partial charge in [-0.15, -0.1) is 0 Å². The number of hydrogen-bond donors (Lipinski definition) is 2. The molecule has 1 aromatic carbocycles. The molecule has 1 unspecified atom stereocenters. The molecule has 106 valence electrons. The van der Waals surface area contributed by atoms with E-state index in [4.69, 9.17) is 10.5 Å². The van der Waals surface area contributed by atoms with Crippen molar-refractivity contribution in [3.8, 4) is 0 Å². The molecule has 0 aromatic heterocycles. The highest BCUT2D eigenvalue weighted by molar-refractivity contribution is 7.84.